The largest absolute Gasteiger partial charge is 0.476 e. The Balaban J connectivity index is 1.55. The Morgan fingerprint density at radius 1 is 1.19 bits per heavy atom. The molecule has 4 rings (SSSR count). The molecule has 31 heavy (non-hydrogen) atoms. The van der Waals surface area contributed by atoms with Gasteiger partial charge < -0.3 is 10.1 Å². The summed E-state index contributed by atoms with van der Waals surface area (Å²) in [5.41, 5.74) is 4.17. The number of nitrogens with one attached hydrogen (secondary N) is 1. The Labute approximate surface area is 188 Å². The highest BCUT2D eigenvalue weighted by Gasteiger charge is 2.36. The molecule has 2 aromatic carbocycles. The standard InChI is InChI=1S/C23H27ClN2O4S/c1-3-19(17-9-8-15-6-4-5-7-16(15)12-17)25-23(27)22-14-26(31(2,28)29)20-13-18(24)10-11-21(20)30-22/h8-13,19,22H,3-7,14H2,1-2H3,(H,25,27). The quantitative estimate of drug-likeness (QED) is 0.728. The number of sulfonamides is 1. The molecule has 0 aromatic heterocycles. The first-order valence-corrected chi connectivity index (χ1v) is 12.8. The van der Waals surface area contributed by atoms with Gasteiger partial charge in [0.15, 0.2) is 6.10 Å². The van der Waals surface area contributed by atoms with Crippen LogP contribution in [0.5, 0.6) is 5.75 Å². The Hall–Kier alpha value is -2.25. The van der Waals surface area contributed by atoms with Gasteiger partial charge in [-0.3, -0.25) is 9.10 Å². The van der Waals surface area contributed by atoms with E-state index in [1.807, 2.05) is 6.92 Å². The third-order valence-electron chi connectivity index (χ3n) is 5.98. The summed E-state index contributed by atoms with van der Waals surface area (Å²) >= 11 is 6.04. The lowest BCUT2D eigenvalue weighted by Gasteiger charge is -2.34. The summed E-state index contributed by atoms with van der Waals surface area (Å²) in [6.07, 6.45) is 5.49. The van der Waals surface area contributed by atoms with Gasteiger partial charge in [-0.25, -0.2) is 8.42 Å². The lowest BCUT2D eigenvalue weighted by molar-refractivity contribution is -0.128. The van der Waals surface area contributed by atoms with Crippen LogP contribution in [0, 0.1) is 0 Å². The molecule has 8 heteroatoms. The third kappa shape index (κ3) is 4.67. The number of aryl methyl sites for hydroxylation is 2. The maximum absolute atomic E-state index is 13.1. The van der Waals surface area contributed by atoms with Crippen molar-refractivity contribution >= 4 is 33.2 Å². The lowest BCUT2D eigenvalue weighted by atomic mass is 9.88. The summed E-state index contributed by atoms with van der Waals surface area (Å²) < 4.78 is 31.8. The van der Waals surface area contributed by atoms with E-state index in [1.165, 1.54) is 34.3 Å². The second kappa shape index (κ2) is 8.71. The topological polar surface area (TPSA) is 75.7 Å². The molecule has 0 saturated carbocycles. The van der Waals surface area contributed by atoms with Crippen LogP contribution >= 0.6 is 11.6 Å². The van der Waals surface area contributed by atoms with E-state index in [-0.39, 0.29) is 18.5 Å². The molecule has 0 spiro atoms. The smallest absolute Gasteiger partial charge is 0.263 e. The van der Waals surface area contributed by atoms with Crippen LogP contribution in [0.15, 0.2) is 36.4 Å². The van der Waals surface area contributed by atoms with Gasteiger partial charge in [-0.15, -0.1) is 0 Å². The zero-order valence-electron chi connectivity index (χ0n) is 17.7. The highest BCUT2D eigenvalue weighted by Crippen LogP contribution is 2.37. The monoisotopic (exact) mass is 462 g/mol. The molecule has 6 nitrogen and oxygen atoms in total. The second-order valence-electron chi connectivity index (χ2n) is 8.22. The minimum atomic E-state index is -3.60. The summed E-state index contributed by atoms with van der Waals surface area (Å²) in [7, 11) is -3.60. The van der Waals surface area contributed by atoms with Crippen molar-refractivity contribution in [2.45, 2.75) is 51.2 Å². The predicted octanol–water partition coefficient (Wildman–Crippen LogP) is 4.01. The number of hydrogen-bond donors (Lipinski definition) is 1. The summed E-state index contributed by atoms with van der Waals surface area (Å²) in [6.45, 7) is 1.92. The van der Waals surface area contributed by atoms with Gasteiger partial charge in [0.25, 0.3) is 5.91 Å². The number of anilines is 1. The van der Waals surface area contributed by atoms with Crippen LogP contribution < -0.4 is 14.4 Å². The summed E-state index contributed by atoms with van der Waals surface area (Å²) in [6, 6.07) is 11.0. The molecule has 1 N–H and O–H groups in total. The number of amides is 1. The zero-order chi connectivity index (χ0) is 22.2. The molecule has 2 aliphatic rings. The zero-order valence-corrected chi connectivity index (χ0v) is 19.3. The fourth-order valence-electron chi connectivity index (χ4n) is 4.33. The molecule has 1 aliphatic heterocycles. The summed E-state index contributed by atoms with van der Waals surface area (Å²) in [5.74, 6) is -0.0122. The normalized spacial score (nSPS) is 19.1. The van der Waals surface area contributed by atoms with Gasteiger partial charge in [0.2, 0.25) is 10.0 Å². The molecular formula is C23H27ClN2O4S. The number of fused-ring (bicyclic) bond motifs is 2. The number of halogens is 1. The average molecular weight is 463 g/mol. The van der Waals surface area contributed by atoms with Crippen molar-refractivity contribution in [2.24, 2.45) is 0 Å². The van der Waals surface area contributed by atoms with Crippen molar-refractivity contribution in [1.82, 2.24) is 5.32 Å². The Morgan fingerprint density at radius 2 is 1.94 bits per heavy atom. The van der Waals surface area contributed by atoms with Gasteiger partial charge in [0, 0.05) is 5.02 Å². The molecule has 0 fully saturated rings. The van der Waals surface area contributed by atoms with Gasteiger partial charge in [0.05, 0.1) is 24.5 Å². The number of nitrogens with zero attached hydrogens (tertiary/aromatic N) is 1. The molecule has 0 radical (unpaired) electrons. The SMILES string of the molecule is CCC(NC(=O)C1CN(S(C)(=O)=O)c2cc(Cl)ccc2O1)c1ccc2c(c1)CCCC2. The van der Waals surface area contributed by atoms with Crippen molar-refractivity contribution < 1.29 is 17.9 Å². The Morgan fingerprint density at radius 3 is 2.65 bits per heavy atom. The van der Waals surface area contributed by atoms with Crippen LogP contribution in [-0.4, -0.2) is 33.2 Å². The Bertz CT molecular complexity index is 1100. The van der Waals surface area contributed by atoms with E-state index in [0.29, 0.717) is 16.5 Å². The van der Waals surface area contributed by atoms with E-state index < -0.39 is 16.1 Å². The molecule has 1 amide bonds. The number of ether oxygens (including phenoxy) is 1. The molecule has 2 aromatic rings. The fraction of sp³-hybridized carbons (Fsp3) is 0.435. The minimum absolute atomic E-state index is 0.0986. The highest BCUT2D eigenvalue weighted by molar-refractivity contribution is 7.92. The first kappa shape index (κ1) is 22.0. The number of carbonyl (C=O) groups excluding carboxylic acids is 1. The summed E-state index contributed by atoms with van der Waals surface area (Å²) in [5, 5.41) is 3.46. The van der Waals surface area contributed by atoms with E-state index in [2.05, 4.69) is 23.5 Å². The molecule has 2 unspecified atom stereocenters. The Kier molecular flexibility index (Phi) is 6.17. The van der Waals surface area contributed by atoms with Crippen molar-refractivity contribution in [3.63, 3.8) is 0 Å². The maximum atomic E-state index is 13.1. The summed E-state index contributed by atoms with van der Waals surface area (Å²) in [4.78, 5) is 13.1. The fourth-order valence-corrected chi connectivity index (χ4v) is 5.40. The second-order valence-corrected chi connectivity index (χ2v) is 10.6. The first-order valence-electron chi connectivity index (χ1n) is 10.6. The molecule has 1 heterocycles. The van der Waals surface area contributed by atoms with Gasteiger partial charge in [-0.1, -0.05) is 36.7 Å². The maximum Gasteiger partial charge on any atom is 0.263 e. The van der Waals surface area contributed by atoms with E-state index in [9.17, 15) is 13.2 Å². The average Bonchev–Trinajstić information content (AvgIpc) is 2.75. The predicted molar refractivity (Wildman–Crippen MR) is 122 cm³/mol. The van der Waals surface area contributed by atoms with E-state index in [4.69, 9.17) is 16.3 Å². The van der Waals surface area contributed by atoms with Crippen LogP contribution in [0.3, 0.4) is 0 Å². The van der Waals surface area contributed by atoms with E-state index in [1.54, 1.807) is 12.1 Å². The molecule has 1 aliphatic carbocycles. The molecule has 166 valence electrons. The van der Waals surface area contributed by atoms with Crippen LogP contribution in [-0.2, 0) is 27.7 Å². The van der Waals surface area contributed by atoms with Gasteiger partial charge >= 0.3 is 0 Å². The van der Waals surface area contributed by atoms with Crippen molar-refractivity contribution in [2.75, 3.05) is 17.1 Å². The lowest BCUT2D eigenvalue weighted by Crippen LogP contribution is -2.51. The van der Waals surface area contributed by atoms with Crippen LogP contribution in [0.4, 0.5) is 5.69 Å². The van der Waals surface area contributed by atoms with Crippen molar-refractivity contribution in [3.05, 3.63) is 58.1 Å². The van der Waals surface area contributed by atoms with Gasteiger partial charge in [0.1, 0.15) is 5.75 Å². The molecular weight excluding hydrogens is 436 g/mol. The molecule has 0 saturated heterocycles. The number of hydrogen-bond acceptors (Lipinski definition) is 4. The van der Waals surface area contributed by atoms with Crippen molar-refractivity contribution in [3.8, 4) is 5.75 Å². The first-order chi connectivity index (χ1) is 14.8. The van der Waals surface area contributed by atoms with Crippen molar-refractivity contribution in [1.29, 1.82) is 0 Å². The van der Waals surface area contributed by atoms with E-state index >= 15 is 0 Å². The highest BCUT2D eigenvalue weighted by atomic mass is 35.5. The third-order valence-corrected chi connectivity index (χ3v) is 7.36. The number of benzene rings is 2. The van der Waals surface area contributed by atoms with Crippen LogP contribution in [0.2, 0.25) is 5.02 Å². The van der Waals surface area contributed by atoms with Crippen LogP contribution in [0.1, 0.15) is 48.9 Å². The van der Waals surface area contributed by atoms with Gasteiger partial charge in [-0.05, 0) is 67.0 Å². The number of carbonyl (C=O) groups is 1. The van der Waals surface area contributed by atoms with Gasteiger partial charge in [-0.2, -0.15) is 0 Å². The number of rotatable bonds is 5. The minimum Gasteiger partial charge on any atom is -0.476 e. The van der Waals surface area contributed by atoms with Crippen LogP contribution in [0.25, 0.3) is 0 Å². The van der Waals surface area contributed by atoms with E-state index in [0.717, 1.165) is 31.1 Å². The molecule has 0 bridgehead atoms. The molecule has 2 atom stereocenters.